The van der Waals surface area contributed by atoms with Gasteiger partial charge in [-0.05, 0) is 45.4 Å². The minimum atomic E-state index is -1.70. The second-order valence-corrected chi connectivity index (χ2v) is 27.0. The molecule has 2 saturated carbocycles. The molecule has 36 N–H and O–H groups in total. The summed E-state index contributed by atoms with van der Waals surface area (Å²) in [5.41, 5.74) is 75.2. The summed E-state index contributed by atoms with van der Waals surface area (Å²) in [5.74, 6) is 0. The van der Waals surface area contributed by atoms with Crippen LogP contribution in [0, 0.1) is 0 Å². The molecule has 5 saturated heterocycles. The van der Waals surface area contributed by atoms with Crippen molar-refractivity contribution in [3.8, 4) is 0 Å². The molecule has 99 heavy (non-hydrogen) atoms. The van der Waals surface area contributed by atoms with E-state index in [-0.39, 0.29) is 52.1 Å². The van der Waals surface area contributed by atoms with E-state index in [1.54, 1.807) is 19.3 Å². The molecule has 0 amide bonds. The highest BCUT2D eigenvalue weighted by Gasteiger charge is 2.56. The van der Waals surface area contributed by atoms with E-state index in [0.29, 0.717) is 30.7 Å². The maximum Gasteiger partial charge on any atom is 0.187 e. The minimum Gasteiger partial charge on any atom is -0.389 e. The summed E-state index contributed by atoms with van der Waals surface area (Å²) >= 11 is 0. The van der Waals surface area contributed by atoms with Gasteiger partial charge in [-0.2, -0.15) is 0 Å². The first kappa shape index (κ1) is 79.9. The van der Waals surface area contributed by atoms with Gasteiger partial charge in [-0.3, -0.25) is 0 Å². The van der Waals surface area contributed by atoms with Crippen LogP contribution >= 0.6 is 0 Å². The Hall–Kier alpha value is -3.16. The third-order valence-corrected chi connectivity index (χ3v) is 19.5. The first-order valence-electron chi connectivity index (χ1n) is 33.7. The van der Waals surface area contributed by atoms with E-state index in [1.807, 2.05) is 0 Å². The highest BCUT2D eigenvalue weighted by Crippen LogP contribution is 2.37. The molecular formula is C57H108N18O24. The molecule has 5 aliphatic heterocycles. The van der Waals surface area contributed by atoms with Crippen molar-refractivity contribution in [2.45, 2.75) is 298 Å². The highest BCUT2D eigenvalue weighted by atomic mass is 16.8. The SMILES string of the molecule is CC(Cn1cc(CCCCCCc2cn(C[C@H]3O[C@@H](O[C@H]4C(O[C@H]5OC(CN)C(O)[C@H](O)C5N)C(N)C[C@@H](N)C4O)C(O)C3O[C@H]3O[C@@H](CN)C(O)C(O)C3N)nn2)nn1)O[C@@H](O[C@H]1C(O[C@H]2OC(CN)C(O)[C@H](O)C2N)C(N)C[C@@H](N)C1O)C(O)CO[C@H]1O[C@@H](CN)C(O)C(O)C1N. The lowest BCUT2D eigenvalue weighted by Gasteiger charge is -2.47. The van der Waals surface area contributed by atoms with E-state index in [1.165, 1.54) is 9.36 Å². The van der Waals surface area contributed by atoms with Crippen LogP contribution in [0.4, 0.5) is 0 Å². The fourth-order valence-electron chi connectivity index (χ4n) is 13.5. The molecule has 7 aliphatic rings. The third kappa shape index (κ3) is 18.7. The van der Waals surface area contributed by atoms with Crippen LogP contribution in [0.15, 0.2) is 12.4 Å². The summed E-state index contributed by atoms with van der Waals surface area (Å²) < 4.78 is 76.1. The smallest absolute Gasteiger partial charge is 0.187 e. The molecule has 570 valence electrons. The van der Waals surface area contributed by atoms with Crippen LogP contribution in [-0.4, -0.2) is 351 Å². The molecule has 7 heterocycles. The first-order chi connectivity index (χ1) is 47.1. The summed E-state index contributed by atoms with van der Waals surface area (Å²) in [6.45, 7) is 0.181. The predicted molar refractivity (Wildman–Crippen MR) is 335 cm³/mol. The van der Waals surface area contributed by atoms with E-state index in [2.05, 4.69) is 20.6 Å². The van der Waals surface area contributed by atoms with Crippen LogP contribution in [0.5, 0.6) is 0 Å². The zero-order chi connectivity index (χ0) is 72.0. The largest absolute Gasteiger partial charge is 0.389 e. The maximum atomic E-state index is 12.0. The van der Waals surface area contributed by atoms with Crippen molar-refractivity contribution >= 4 is 0 Å². The Bertz CT molecular complexity index is 2730. The van der Waals surface area contributed by atoms with Crippen LogP contribution in [-0.2, 0) is 82.8 Å². The van der Waals surface area contributed by atoms with Crippen molar-refractivity contribution in [3.63, 3.8) is 0 Å². The monoisotopic (exact) mass is 1430 g/mol. The van der Waals surface area contributed by atoms with Gasteiger partial charge in [0.25, 0.3) is 0 Å². The summed E-state index contributed by atoms with van der Waals surface area (Å²) in [4.78, 5) is 0. The standard InChI is InChI=1S/C57H108N18O24/c1-19(89-52(26(76)18-88-53-32(66)42(83)38(79)27(10-58)90-53)98-50-36(77)22(62)8-24(64)47(50)95-54-33(67)43(84)39(80)28(11-59)91-54)14-74-15-20(70-72-74)6-4-2-3-5-7-21-16-75(73-71-21)17-31-49(97-56-35(69)45(86)41(82)30(13-61)93-56)46(87)57(94-31)99-51-37(78)23(63)9-25(65)48(51)96-55-34(68)44(85)40(81)29(12-60)92-55/h15-16,19,22-57,76-87H,2-14,17-18,58-69H2,1H3/t19?,22-,23-,24?,25?,26?,27+,28?,29?,30+,31-,32?,33?,34?,35?,36?,37?,38?,39?,40?,41?,42?,43-,44-,45?,46?,47?,48?,49?,50-,51-,52+,53+,54-,55-,56-,57+/m1/s1. The number of hydrogen-bond acceptors (Lipinski definition) is 40. The normalized spacial score (nSPS) is 44.8. The molecule has 2 aromatic rings. The quantitative estimate of drug-likeness (QED) is 0.0246. The van der Waals surface area contributed by atoms with Gasteiger partial charge in [0, 0.05) is 62.7 Å². The molecule has 9 rings (SSSR count). The summed E-state index contributed by atoms with van der Waals surface area (Å²) in [6, 6.07) is -8.98. The lowest BCUT2D eigenvalue weighted by Crippen LogP contribution is -2.68. The van der Waals surface area contributed by atoms with Crippen LogP contribution in [0.2, 0.25) is 0 Å². The zero-order valence-electron chi connectivity index (χ0n) is 55.0. The Morgan fingerprint density at radius 1 is 0.444 bits per heavy atom. The van der Waals surface area contributed by atoms with Gasteiger partial charge >= 0.3 is 0 Å². The van der Waals surface area contributed by atoms with E-state index < -0.39 is 233 Å². The van der Waals surface area contributed by atoms with Crippen molar-refractivity contribution < 1.29 is 118 Å². The Balaban J connectivity index is 0.797. The molecule has 0 aromatic carbocycles. The summed E-state index contributed by atoms with van der Waals surface area (Å²) in [6.07, 6.45) is -32.4. The van der Waals surface area contributed by atoms with Gasteiger partial charge in [0.15, 0.2) is 37.7 Å². The zero-order valence-corrected chi connectivity index (χ0v) is 55.0. The van der Waals surface area contributed by atoms with Gasteiger partial charge < -0.3 is 187 Å². The minimum absolute atomic E-state index is 0.0228. The molecule has 22 unspecified atom stereocenters. The van der Waals surface area contributed by atoms with Gasteiger partial charge in [-0.1, -0.05) is 23.3 Å². The molecule has 2 aromatic heterocycles. The number of hydrogen-bond donors (Lipinski definition) is 24. The van der Waals surface area contributed by atoms with E-state index in [4.69, 9.17) is 126 Å². The third-order valence-electron chi connectivity index (χ3n) is 19.5. The fourth-order valence-corrected chi connectivity index (χ4v) is 13.5. The number of aliphatic hydroxyl groups excluding tert-OH is 12. The predicted octanol–water partition coefficient (Wildman–Crippen LogP) is -14.9. The second kappa shape index (κ2) is 35.8. The lowest BCUT2D eigenvalue weighted by atomic mass is 9.84. The van der Waals surface area contributed by atoms with Crippen molar-refractivity contribution in [2.75, 3.05) is 32.8 Å². The van der Waals surface area contributed by atoms with Gasteiger partial charge in [0.1, 0.15) is 122 Å². The second-order valence-electron chi connectivity index (χ2n) is 27.0. The first-order valence-corrected chi connectivity index (χ1v) is 33.7. The summed E-state index contributed by atoms with van der Waals surface area (Å²) in [7, 11) is 0. The molecule has 0 spiro atoms. The summed E-state index contributed by atoms with van der Waals surface area (Å²) in [5, 5.41) is 149. The number of rotatable bonds is 31. The molecule has 42 nitrogen and oxygen atoms in total. The lowest BCUT2D eigenvalue weighted by molar-refractivity contribution is -0.320. The molecule has 0 bridgehead atoms. The van der Waals surface area contributed by atoms with Crippen molar-refractivity contribution in [2.24, 2.45) is 68.8 Å². The van der Waals surface area contributed by atoms with Crippen LogP contribution in [0.25, 0.3) is 0 Å². The number of unbranched alkanes of at least 4 members (excludes halogenated alkanes) is 3. The molecular weight excluding hydrogens is 1320 g/mol. The van der Waals surface area contributed by atoms with E-state index in [0.717, 1.165) is 19.3 Å². The molecule has 42 heteroatoms. The van der Waals surface area contributed by atoms with Crippen molar-refractivity contribution in [3.05, 3.63) is 23.8 Å². The highest BCUT2D eigenvalue weighted by molar-refractivity contribution is 5.05. The Morgan fingerprint density at radius 2 is 0.828 bits per heavy atom. The number of nitrogens with two attached hydrogens (primary N) is 12. The Labute approximate surface area is 569 Å². The van der Waals surface area contributed by atoms with E-state index in [9.17, 15) is 61.3 Å². The van der Waals surface area contributed by atoms with E-state index >= 15 is 0 Å². The van der Waals surface area contributed by atoms with Crippen LogP contribution in [0.3, 0.4) is 0 Å². The topological polar surface area (TPSA) is 727 Å². The molecule has 0 radical (unpaired) electrons. The van der Waals surface area contributed by atoms with Gasteiger partial charge in [-0.25, -0.2) is 9.36 Å². The number of ether oxygens (including phenoxy) is 12. The number of nitrogens with zero attached hydrogens (tertiary/aromatic N) is 6. The number of aryl methyl sites for hydroxylation is 2. The fraction of sp³-hybridized carbons (Fsp3) is 0.930. The van der Waals surface area contributed by atoms with Gasteiger partial charge in [0.2, 0.25) is 0 Å². The van der Waals surface area contributed by atoms with Crippen molar-refractivity contribution in [1.82, 2.24) is 30.0 Å². The molecule has 37 atom stereocenters. The maximum absolute atomic E-state index is 12.0. The average molecular weight is 1430 g/mol. The van der Waals surface area contributed by atoms with Gasteiger partial charge in [-0.15, -0.1) is 10.2 Å². The number of aliphatic hydroxyl groups is 12. The van der Waals surface area contributed by atoms with Gasteiger partial charge in [0.05, 0.1) is 73.6 Å². The Morgan fingerprint density at radius 3 is 1.29 bits per heavy atom. The van der Waals surface area contributed by atoms with Crippen LogP contribution in [0.1, 0.15) is 56.8 Å². The Kier molecular flexibility index (Phi) is 28.9. The molecule has 2 aliphatic carbocycles. The molecule has 7 fully saturated rings. The van der Waals surface area contributed by atoms with Crippen molar-refractivity contribution in [1.29, 1.82) is 0 Å². The average Bonchev–Trinajstić information content (AvgIpc) is 1.70. The van der Waals surface area contributed by atoms with Crippen LogP contribution < -0.4 is 68.8 Å². The number of aromatic nitrogens is 6.